The second-order valence-electron chi connectivity index (χ2n) is 14.9. The summed E-state index contributed by atoms with van der Waals surface area (Å²) in [6, 6.07) is 75.4. The molecule has 0 unspecified atom stereocenters. The molecule has 0 atom stereocenters. The van der Waals surface area contributed by atoms with Gasteiger partial charge in [0.15, 0.2) is 0 Å². The van der Waals surface area contributed by atoms with E-state index in [4.69, 9.17) is 9.40 Å². The quantitative estimate of drug-likeness (QED) is 0.154. The molecule has 0 spiro atoms. The van der Waals surface area contributed by atoms with E-state index in [0.29, 0.717) is 11.2 Å². The fourth-order valence-electron chi connectivity index (χ4n) is 8.80. The van der Waals surface area contributed by atoms with Crippen molar-refractivity contribution < 1.29 is 25.5 Å². The first-order valence-electron chi connectivity index (χ1n) is 19.8. The molecule has 0 N–H and O–H groups in total. The number of aromatic nitrogens is 4. The summed E-state index contributed by atoms with van der Waals surface area (Å²) in [7, 11) is 0. The van der Waals surface area contributed by atoms with Crippen LogP contribution in [-0.2, 0) is 21.1 Å². The molecule has 4 heterocycles. The zero-order valence-corrected chi connectivity index (χ0v) is 34.3. The monoisotopic (exact) mass is 948 g/mol. The molecular weight excluding hydrogens is 916 g/mol. The number of nitrogens with zero attached hydrogens (tertiary/aromatic N) is 4. The van der Waals surface area contributed by atoms with Crippen molar-refractivity contribution in [2.75, 3.05) is 0 Å². The Morgan fingerprint density at radius 1 is 0.483 bits per heavy atom. The molecule has 5 nitrogen and oxygen atoms in total. The molecule has 288 valence electrons. The predicted octanol–water partition coefficient (Wildman–Crippen LogP) is 13.8. The molecule has 0 amide bonds. The minimum atomic E-state index is 0. The number of benzene rings is 8. The topological polar surface area (TPSA) is 40.3 Å². The van der Waals surface area contributed by atoms with Gasteiger partial charge in [0.25, 0.3) is 0 Å². The van der Waals surface area contributed by atoms with Gasteiger partial charge in [-0.05, 0) is 79.2 Å². The average Bonchev–Trinajstić information content (AvgIpc) is 3.85. The summed E-state index contributed by atoms with van der Waals surface area (Å²) in [4.78, 5) is 5.33. The molecule has 1 aliphatic heterocycles. The van der Waals surface area contributed by atoms with Gasteiger partial charge in [-0.1, -0.05) is 145 Å². The molecule has 11 aromatic rings. The maximum absolute atomic E-state index is 6.63. The Bertz CT molecular complexity index is 3750. The van der Waals surface area contributed by atoms with Crippen LogP contribution in [0.25, 0.3) is 105 Å². The van der Waals surface area contributed by atoms with Gasteiger partial charge in [-0.2, -0.15) is 24.3 Å². The fraction of sp³-hybridized carbons (Fsp3) is 0. The van der Waals surface area contributed by atoms with E-state index in [1.807, 2.05) is 18.2 Å². The first-order chi connectivity index (χ1) is 29.2. The van der Waals surface area contributed by atoms with Crippen LogP contribution in [-0.4, -0.2) is 18.5 Å². The zero-order chi connectivity index (χ0) is 38.9. The van der Waals surface area contributed by atoms with Crippen molar-refractivity contribution in [2.24, 2.45) is 0 Å². The maximum atomic E-state index is 6.63. The third kappa shape index (κ3) is 5.81. The van der Waals surface area contributed by atoms with Gasteiger partial charge < -0.3 is 18.0 Å². The minimum absolute atomic E-state index is 0. The Labute approximate surface area is 359 Å². The Morgan fingerprint density at radius 3 is 2.05 bits per heavy atom. The van der Waals surface area contributed by atoms with Gasteiger partial charge in [-0.25, -0.2) is 4.98 Å². The third-order valence-corrected chi connectivity index (χ3v) is 11.4. The second kappa shape index (κ2) is 14.5. The molecule has 0 radical (unpaired) electrons. The van der Waals surface area contributed by atoms with Crippen molar-refractivity contribution in [3.05, 3.63) is 213 Å². The molecule has 6 heteroatoms. The van der Waals surface area contributed by atoms with Crippen molar-refractivity contribution >= 4 is 82.1 Å². The second-order valence-corrected chi connectivity index (χ2v) is 14.9. The van der Waals surface area contributed by atoms with Crippen LogP contribution in [0.15, 0.2) is 205 Å². The molecule has 0 saturated heterocycles. The van der Waals surface area contributed by atoms with E-state index < -0.39 is 0 Å². The number of rotatable bonds is 1. The summed E-state index contributed by atoms with van der Waals surface area (Å²) in [5, 5.41) is 7.73. The molecule has 1 aliphatic rings. The number of pyridine rings is 1. The normalized spacial score (nSPS) is 11.5. The summed E-state index contributed by atoms with van der Waals surface area (Å²) in [6.45, 7) is 0. The van der Waals surface area contributed by atoms with Gasteiger partial charge in [0.2, 0.25) is 0 Å². The molecule has 0 aliphatic carbocycles. The standard InChI is InChI=1S/C54H33N4O.Pt/c1-2-14-36(15-3-1)43-23-12-24-47-44-21-5-4-20-42(44)37-16-10-17-38(32-37)48-25-13-29-53(55-48)58-49-26-7-6-22-45(49)46-31-30-41(34-52(46)58)59-40-19-11-18-39(33-40)56-35-57(54(43)47)51-28-9-8-27-50(51)56;/h1-32,35H;/q-3;. The van der Waals surface area contributed by atoms with Crippen molar-refractivity contribution in [2.45, 2.75) is 0 Å². The fourth-order valence-corrected chi connectivity index (χ4v) is 8.80. The zero-order valence-electron chi connectivity index (χ0n) is 32.1. The number of para-hydroxylation sites is 4. The summed E-state index contributed by atoms with van der Waals surface area (Å²) < 4.78 is 13.4. The van der Waals surface area contributed by atoms with E-state index in [1.165, 1.54) is 0 Å². The Morgan fingerprint density at radius 2 is 1.17 bits per heavy atom. The number of hydrogen-bond donors (Lipinski definition) is 0. The molecule has 60 heavy (non-hydrogen) atoms. The Kier molecular flexibility index (Phi) is 8.65. The molecule has 0 saturated carbocycles. The van der Waals surface area contributed by atoms with Crippen molar-refractivity contribution in [3.8, 4) is 22.5 Å². The predicted molar refractivity (Wildman–Crippen MR) is 243 cm³/mol. The molecular formula is C54H33N4OPt-3. The summed E-state index contributed by atoms with van der Waals surface area (Å²) >= 11 is 0. The Hall–Kier alpha value is -7.33. The number of imidazole rings is 1. The largest absolute Gasteiger partial charge is 0.510 e. The summed E-state index contributed by atoms with van der Waals surface area (Å²) in [6.07, 6.45) is 2.19. The van der Waals surface area contributed by atoms with E-state index in [0.717, 1.165) is 93.4 Å². The van der Waals surface area contributed by atoms with Crippen molar-refractivity contribution in [1.29, 1.82) is 0 Å². The molecule has 12 rings (SSSR count). The van der Waals surface area contributed by atoms with Gasteiger partial charge in [-0.3, -0.25) is 0 Å². The SMILES string of the molecule is [Pt].[c-]1c2cccc1n1[cH-]n(c3c(-c4ccccc4)cccc3c3ccccc3c3cccc(c3)c3cccc(n3)n3c4[c-]c(ccc4c4ccccc43)o2)-c2ccccc2-1. The van der Waals surface area contributed by atoms with E-state index >= 15 is 0 Å². The first-order valence-corrected chi connectivity index (χ1v) is 19.8. The third-order valence-electron chi connectivity index (χ3n) is 11.4. The molecule has 0 fully saturated rings. The van der Waals surface area contributed by atoms with E-state index in [-0.39, 0.29) is 21.1 Å². The van der Waals surface area contributed by atoms with Gasteiger partial charge in [0.1, 0.15) is 5.65 Å². The van der Waals surface area contributed by atoms with Gasteiger partial charge in [-0.15, -0.1) is 29.1 Å². The van der Waals surface area contributed by atoms with Gasteiger partial charge in [0, 0.05) is 49.5 Å². The molecule has 8 aromatic carbocycles. The number of hydrogen-bond acceptors (Lipinski definition) is 2. The molecule has 3 aromatic heterocycles. The maximum Gasteiger partial charge on any atom is 0.136 e. The van der Waals surface area contributed by atoms with Crippen LogP contribution in [0.1, 0.15) is 0 Å². The minimum Gasteiger partial charge on any atom is -0.510 e. The van der Waals surface area contributed by atoms with Gasteiger partial charge >= 0.3 is 0 Å². The van der Waals surface area contributed by atoms with Crippen LogP contribution in [0, 0.1) is 12.1 Å². The number of fused-ring (bicyclic) bond motifs is 23. The molecule has 10 bridgehead atoms. The van der Waals surface area contributed by atoms with Gasteiger partial charge in [0.05, 0.1) is 5.52 Å². The summed E-state index contributed by atoms with van der Waals surface area (Å²) in [5.41, 5.74) is 11.1. The van der Waals surface area contributed by atoms with E-state index in [1.54, 1.807) is 0 Å². The Balaban J connectivity index is 0.00000408. The first kappa shape index (κ1) is 35.8. The van der Waals surface area contributed by atoms with Crippen LogP contribution in [0.5, 0.6) is 0 Å². The van der Waals surface area contributed by atoms with Crippen LogP contribution >= 0.6 is 0 Å². The van der Waals surface area contributed by atoms with E-state index in [2.05, 4.69) is 208 Å². The van der Waals surface area contributed by atoms with Crippen molar-refractivity contribution in [3.63, 3.8) is 0 Å². The van der Waals surface area contributed by atoms with Crippen LogP contribution in [0.2, 0.25) is 0 Å². The summed E-state index contributed by atoms with van der Waals surface area (Å²) in [5.74, 6) is 0. The van der Waals surface area contributed by atoms with Crippen LogP contribution in [0.4, 0.5) is 0 Å². The van der Waals surface area contributed by atoms with Crippen LogP contribution in [0.3, 0.4) is 0 Å². The average molecular weight is 949 g/mol. The van der Waals surface area contributed by atoms with E-state index in [9.17, 15) is 0 Å². The smallest absolute Gasteiger partial charge is 0.136 e. The van der Waals surface area contributed by atoms with Crippen LogP contribution < -0.4 is 0 Å². The van der Waals surface area contributed by atoms with Crippen molar-refractivity contribution in [1.82, 2.24) is 18.5 Å².